The molecule has 8 heteroatoms. The summed E-state index contributed by atoms with van der Waals surface area (Å²) in [6.07, 6.45) is 5.98. The molecule has 0 bridgehead atoms. The van der Waals surface area contributed by atoms with Crippen molar-refractivity contribution in [3.8, 4) is 11.3 Å². The summed E-state index contributed by atoms with van der Waals surface area (Å²) in [5, 5.41) is 22.3. The van der Waals surface area contributed by atoms with Gasteiger partial charge < -0.3 is 15.7 Å². The number of aliphatic hydroxyl groups excluding tert-OH is 1. The quantitative estimate of drug-likeness (QED) is 0.605. The molecule has 0 radical (unpaired) electrons. The van der Waals surface area contributed by atoms with E-state index >= 15 is 0 Å². The smallest absolute Gasteiger partial charge is 0.236 e. The van der Waals surface area contributed by atoms with Gasteiger partial charge in [0.25, 0.3) is 0 Å². The summed E-state index contributed by atoms with van der Waals surface area (Å²) in [5.41, 5.74) is 1.93. The number of nitrogens with one attached hydrogen (secondary N) is 2. The Morgan fingerprint density at radius 1 is 1.19 bits per heavy atom. The molecule has 2 aromatic heterocycles. The van der Waals surface area contributed by atoms with E-state index in [1.807, 2.05) is 6.07 Å². The largest absolute Gasteiger partial charge is 0.394 e. The normalized spacial score (nSPS) is 24.3. The third kappa shape index (κ3) is 2.49. The van der Waals surface area contributed by atoms with E-state index in [4.69, 9.17) is 5.10 Å². The number of hydrogen-bond donors (Lipinski definition) is 3. The Morgan fingerprint density at radius 3 is 2.77 bits per heavy atom. The minimum atomic E-state index is -0.625. The number of aromatic nitrogens is 3. The van der Waals surface area contributed by atoms with Gasteiger partial charge in [-0.25, -0.2) is 9.37 Å². The zero-order chi connectivity index (χ0) is 21.2. The maximum absolute atomic E-state index is 14.3. The number of carbonyl (C=O) groups excluding carboxylic acids is 1. The summed E-state index contributed by atoms with van der Waals surface area (Å²) in [6, 6.07) is 6.58. The number of halogens is 1. The molecule has 4 heterocycles. The van der Waals surface area contributed by atoms with E-state index in [0.29, 0.717) is 30.0 Å². The van der Waals surface area contributed by atoms with Gasteiger partial charge in [0.15, 0.2) is 0 Å². The van der Waals surface area contributed by atoms with Gasteiger partial charge in [0.1, 0.15) is 17.3 Å². The van der Waals surface area contributed by atoms with Crippen molar-refractivity contribution in [2.75, 3.05) is 25.0 Å². The van der Waals surface area contributed by atoms with Crippen LogP contribution in [0.1, 0.15) is 37.7 Å². The predicted octanol–water partition coefficient (Wildman–Crippen LogP) is 2.68. The van der Waals surface area contributed by atoms with Crippen LogP contribution in [0.5, 0.6) is 0 Å². The van der Waals surface area contributed by atoms with Gasteiger partial charge in [0, 0.05) is 29.3 Å². The molecule has 1 aromatic carbocycles. The highest BCUT2D eigenvalue weighted by Crippen LogP contribution is 2.52. The van der Waals surface area contributed by atoms with Crippen LogP contribution >= 0.6 is 0 Å². The lowest BCUT2D eigenvalue weighted by Crippen LogP contribution is -2.40. The highest BCUT2D eigenvalue weighted by atomic mass is 19.1. The van der Waals surface area contributed by atoms with E-state index in [0.717, 1.165) is 48.7 Å². The number of amides is 1. The van der Waals surface area contributed by atoms with E-state index in [9.17, 15) is 14.3 Å². The number of rotatable bonds is 3. The summed E-state index contributed by atoms with van der Waals surface area (Å²) < 4.78 is 16.1. The van der Waals surface area contributed by atoms with Gasteiger partial charge in [-0.2, -0.15) is 5.10 Å². The zero-order valence-corrected chi connectivity index (χ0v) is 17.1. The van der Waals surface area contributed by atoms with Gasteiger partial charge in [-0.1, -0.05) is 12.8 Å². The number of anilines is 1. The lowest BCUT2D eigenvalue weighted by molar-refractivity contribution is -0.120. The lowest BCUT2D eigenvalue weighted by atomic mass is 9.78. The maximum Gasteiger partial charge on any atom is 0.236 e. The fourth-order valence-corrected chi connectivity index (χ4v) is 5.80. The second kappa shape index (κ2) is 6.58. The van der Waals surface area contributed by atoms with Crippen LogP contribution in [0, 0.1) is 5.82 Å². The SMILES string of the molecule is O=C1Nc2nccc(-c3nn(C4(CO)CCNC4)c4cc(F)ccc34)c2C12CCCC2. The average Bonchev–Trinajstić information content (AvgIpc) is 3.55. The highest BCUT2D eigenvalue weighted by Gasteiger charge is 2.51. The molecule has 1 amide bonds. The number of aliphatic hydroxyl groups is 1. The third-order valence-corrected chi connectivity index (χ3v) is 7.42. The van der Waals surface area contributed by atoms with Crippen LogP contribution in [-0.2, 0) is 15.7 Å². The van der Waals surface area contributed by atoms with Crippen molar-refractivity contribution in [3.05, 3.63) is 41.8 Å². The van der Waals surface area contributed by atoms with Crippen LogP contribution in [0.4, 0.5) is 10.2 Å². The minimum absolute atomic E-state index is 0.0153. The fourth-order valence-electron chi connectivity index (χ4n) is 5.80. The van der Waals surface area contributed by atoms with Crippen LogP contribution in [0.3, 0.4) is 0 Å². The Kier molecular flexibility index (Phi) is 4.01. The Hall–Kier alpha value is -2.84. The molecule has 1 spiro atoms. The van der Waals surface area contributed by atoms with E-state index in [-0.39, 0.29) is 18.3 Å². The van der Waals surface area contributed by atoms with Crippen LogP contribution < -0.4 is 10.6 Å². The maximum atomic E-state index is 14.3. The molecular formula is C23H24FN5O2. The standard InChI is InChI=1S/C23H24FN5O2/c24-14-3-4-15-17(11-14)29(22(13-30)8-10-25-12-22)28-19(15)16-5-9-26-20-18(16)23(21(31)27-20)6-1-2-7-23/h3-5,9,11,25,30H,1-2,6-8,10,12-13H2,(H,26,27,31). The third-order valence-electron chi connectivity index (χ3n) is 7.42. The van der Waals surface area contributed by atoms with Crippen molar-refractivity contribution in [1.29, 1.82) is 0 Å². The fraction of sp³-hybridized carbons (Fsp3) is 0.435. The van der Waals surface area contributed by atoms with Crippen molar-refractivity contribution in [2.45, 2.75) is 43.1 Å². The van der Waals surface area contributed by atoms with E-state index in [1.54, 1.807) is 16.9 Å². The second-order valence-electron chi connectivity index (χ2n) is 9.06. The number of pyridine rings is 1. The van der Waals surface area contributed by atoms with Crippen molar-refractivity contribution in [3.63, 3.8) is 0 Å². The Bertz CT molecular complexity index is 1210. The van der Waals surface area contributed by atoms with Crippen molar-refractivity contribution >= 4 is 22.6 Å². The molecule has 2 aliphatic heterocycles. The van der Waals surface area contributed by atoms with Crippen molar-refractivity contribution in [1.82, 2.24) is 20.1 Å². The molecule has 3 N–H and O–H groups in total. The molecule has 7 nitrogen and oxygen atoms in total. The van der Waals surface area contributed by atoms with Gasteiger partial charge in [0.05, 0.1) is 23.1 Å². The first-order valence-corrected chi connectivity index (χ1v) is 10.9. The second-order valence-corrected chi connectivity index (χ2v) is 9.06. The summed E-state index contributed by atoms with van der Waals surface area (Å²) in [4.78, 5) is 17.4. The van der Waals surface area contributed by atoms with Crippen LogP contribution in [-0.4, -0.2) is 45.5 Å². The van der Waals surface area contributed by atoms with Crippen LogP contribution in [0.2, 0.25) is 0 Å². The number of carbonyl (C=O) groups is 1. The first-order valence-electron chi connectivity index (χ1n) is 10.9. The molecule has 1 saturated carbocycles. The highest BCUT2D eigenvalue weighted by molar-refractivity contribution is 6.09. The monoisotopic (exact) mass is 421 g/mol. The summed E-state index contributed by atoms with van der Waals surface area (Å²) >= 11 is 0. The van der Waals surface area contributed by atoms with Crippen LogP contribution in [0.15, 0.2) is 30.5 Å². The first-order chi connectivity index (χ1) is 15.1. The van der Waals surface area contributed by atoms with Crippen LogP contribution in [0.25, 0.3) is 22.2 Å². The molecule has 31 heavy (non-hydrogen) atoms. The molecule has 6 rings (SSSR count). The molecule has 1 unspecified atom stereocenters. The molecule has 3 aromatic rings. The minimum Gasteiger partial charge on any atom is -0.394 e. The summed E-state index contributed by atoms with van der Waals surface area (Å²) in [6.45, 7) is 1.23. The summed E-state index contributed by atoms with van der Waals surface area (Å²) in [7, 11) is 0. The lowest BCUT2D eigenvalue weighted by Gasteiger charge is -2.27. The first kappa shape index (κ1) is 18.9. The topological polar surface area (TPSA) is 92.1 Å². The molecule has 1 aliphatic carbocycles. The molecule has 2 fully saturated rings. The average molecular weight is 421 g/mol. The zero-order valence-electron chi connectivity index (χ0n) is 17.1. The Labute approximate surface area is 178 Å². The van der Waals surface area contributed by atoms with Crippen molar-refractivity contribution in [2.24, 2.45) is 0 Å². The molecule has 1 saturated heterocycles. The number of nitrogens with zero attached hydrogens (tertiary/aromatic N) is 3. The Morgan fingerprint density at radius 2 is 2.03 bits per heavy atom. The number of benzene rings is 1. The van der Waals surface area contributed by atoms with E-state index in [1.165, 1.54) is 12.1 Å². The van der Waals surface area contributed by atoms with Gasteiger partial charge in [-0.15, -0.1) is 0 Å². The molecule has 1 atom stereocenters. The molecule has 160 valence electrons. The van der Waals surface area contributed by atoms with E-state index < -0.39 is 11.0 Å². The Balaban J connectivity index is 1.64. The number of fused-ring (bicyclic) bond motifs is 3. The molecular weight excluding hydrogens is 397 g/mol. The summed E-state index contributed by atoms with van der Waals surface area (Å²) in [5.74, 6) is 0.276. The molecule has 3 aliphatic rings. The van der Waals surface area contributed by atoms with Gasteiger partial charge in [-0.05, 0) is 50.1 Å². The van der Waals surface area contributed by atoms with Crippen molar-refractivity contribution < 1.29 is 14.3 Å². The predicted molar refractivity (Wildman–Crippen MR) is 114 cm³/mol. The van der Waals surface area contributed by atoms with Gasteiger partial charge >= 0.3 is 0 Å². The number of hydrogen-bond acceptors (Lipinski definition) is 5. The van der Waals surface area contributed by atoms with E-state index in [2.05, 4.69) is 15.6 Å². The van der Waals surface area contributed by atoms with Gasteiger partial charge in [0.2, 0.25) is 5.91 Å². The van der Waals surface area contributed by atoms with Gasteiger partial charge in [-0.3, -0.25) is 9.48 Å².